The van der Waals surface area contributed by atoms with Gasteiger partial charge in [-0.05, 0) is 43.9 Å². The highest BCUT2D eigenvalue weighted by molar-refractivity contribution is 6.34. The van der Waals surface area contributed by atoms with Crippen LogP contribution in [0.2, 0.25) is 5.02 Å². The number of halogens is 2. The Morgan fingerprint density at radius 1 is 1.48 bits per heavy atom. The van der Waals surface area contributed by atoms with E-state index in [-0.39, 0.29) is 22.5 Å². The summed E-state index contributed by atoms with van der Waals surface area (Å²) in [5.74, 6) is 0.406. The predicted molar refractivity (Wildman–Crippen MR) is 79.0 cm³/mol. The Bertz CT molecular complexity index is 681. The molecule has 1 N–H and O–H groups in total. The molecular formula is C15H15ClFN3O. The fourth-order valence-electron chi connectivity index (χ4n) is 2.37. The molecule has 1 saturated carbocycles. The number of benzene rings is 1. The van der Waals surface area contributed by atoms with E-state index in [4.69, 9.17) is 11.6 Å². The molecule has 1 aliphatic carbocycles. The van der Waals surface area contributed by atoms with Crippen molar-refractivity contribution >= 4 is 23.3 Å². The van der Waals surface area contributed by atoms with E-state index in [1.165, 1.54) is 25.0 Å². The van der Waals surface area contributed by atoms with Gasteiger partial charge in [-0.25, -0.2) is 9.07 Å². The standard InChI is InChI=1S/C15H15ClFN3O/c1-9(10-2-3-10)20-14(6-7-18-20)19-15(21)12-5-4-11(17)8-13(12)16/h4-10H,2-3H2,1H3,(H,19,21). The number of nitrogens with one attached hydrogen (secondary N) is 1. The zero-order chi connectivity index (χ0) is 15.0. The average molecular weight is 308 g/mol. The Hall–Kier alpha value is -1.88. The fourth-order valence-corrected chi connectivity index (χ4v) is 2.63. The molecule has 21 heavy (non-hydrogen) atoms. The number of anilines is 1. The molecule has 1 aromatic carbocycles. The van der Waals surface area contributed by atoms with Crippen molar-refractivity contribution in [3.05, 3.63) is 46.9 Å². The molecule has 0 aliphatic heterocycles. The van der Waals surface area contributed by atoms with Gasteiger partial charge in [-0.1, -0.05) is 11.6 Å². The fraction of sp³-hybridized carbons (Fsp3) is 0.333. The molecule has 1 aliphatic rings. The first kappa shape index (κ1) is 14.1. The lowest BCUT2D eigenvalue weighted by Crippen LogP contribution is -2.18. The second kappa shape index (κ2) is 5.48. The molecule has 1 amide bonds. The number of hydrogen-bond donors (Lipinski definition) is 1. The number of hydrogen-bond acceptors (Lipinski definition) is 2. The van der Waals surface area contributed by atoms with Gasteiger partial charge in [-0.2, -0.15) is 5.10 Å². The van der Waals surface area contributed by atoms with Crippen LogP contribution in [0.3, 0.4) is 0 Å². The summed E-state index contributed by atoms with van der Waals surface area (Å²) < 4.78 is 14.8. The number of rotatable bonds is 4. The predicted octanol–water partition coefficient (Wildman–Crippen LogP) is 3.90. The van der Waals surface area contributed by atoms with Crippen molar-refractivity contribution in [3.8, 4) is 0 Å². The number of amides is 1. The molecule has 6 heteroatoms. The van der Waals surface area contributed by atoms with Gasteiger partial charge in [0.25, 0.3) is 5.91 Å². The summed E-state index contributed by atoms with van der Waals surface area (Å²) in [6.07, 6.45) is 4.04. The van der Waals surface area contributed by atoms with Crippen LogP contribution in [0, 0.1) is 11.7 Å². The lowest BCUT2D eigenvalue weighted by Gasteiger charge is -2.15. The van der Waals surface area contributed by atoms with Crippen molar-refractivity contribution in [1.29, 1.82) is 0 Å². The van der Waals surface area contributed by atoms with Gasteiger partial charge in [0.2, 0.25) is 0 Å². The maximum Gasteiger partial charge on any atom is 0.258 e. The molecule has 0 saturated heterocycles. The molecule has 1 fully saturated rings. The van der Waals surface area contributed by atoms with Crippen LogP contribution in [-0.2, 0) is 0 Å². The van der Waals surface area contributed by atoms with E-state index in [1.54, 1.807) is 12.3 Å². The van der Waals surface area contributed by atoms with Crippen molar-refractivity contribution in [1.82, 2.24) is 9.78 Å². The molecule has 1 aromatic heterocycles. The largest absolute Gasteiger partial charge is 0.307 e. The Labute approximate surface area is 126 Å². The highest BCUT2D eigenvalue weighted by Crippen LogP contribution is 2.40. The molecular weight excluding hydrogens is 293 g/mol. The summed E-state index contributed by atoms with van der Waals surface area (Å²) >= 11 is 5.90. The van der Waals surface area contributed by atoms with E-state index in [9.17, 15) is 9.18 Å². The maximum atomic E-state index is 13.0. The van der Waals surface area contributed by atoms with Crippen molar-refractivity contribution in [2.75, 3.05) is 5.32 Å². The van der Waals surface area contributed by atoms with E-state index < -0.39 is 5.82 Å². The second-order valence-electron chi connectivity index (χ2n) is 5.32. The minimum atomic E-state index is -0.469. The van der Waals surface area contributed by atoms with Crippen molar-refractivity contribution in [2.45, 2.75) is 25.8 Å². The highest BCUT2D eigenvalue weighted by Gasteiger charge is 2.30. The van der Waals surface area contributed by atoms with Crippen LogP contribution in [0.1, 0.15) is 36.2 Å². The van der Waals surface area contributed by atoms with Crippen molar-refractivity contribution in [2.24, 2.45) is 5.92 Å². The van der Waals surface area contributed by atoms with Gasteiger partial charge in [0.05, 0.1) is 22.8 Å². The first-order valence-electron chi connectivity index (χ1n) is 6.86. The zero-order valence-corrected chi connectivity index (χ0v) is 12.3. The quantitative estimate of drug-likeness (QED) is 0.931. The SMILES string of the molecule is CC(C1CC1)n1nccc1NC(=O)c1ccc(F)cc1Cl. The van der Waals surface area contributed by atoms with Crippen LogP contribution < -0.4 is 5.32 Å². The summed E-state index contributed by atoms with van der Waals surface area (Å²) in [6, 6.07) is 5.71. The van der Waals surface area contributed by atoms with E-state index in [0.717, 1.165) is 6.07 Å². The zero-order valence-electron chi connectivity index (χ0n) is 11.5. The minimum Gasteiger partial charge on any atom is -0.307 e. The second-order valence-corrected chi connectivity index (χ2v) is 5.72. The first-order chi connectivity index (χ1) is 10.1. The lowest BCUT2D eigenvalue weighted by atomic mass is 10.2. The molecule has 110 valence electrons. The van der Waals surface area contributed by atoms with Crippen molar-refractivity contribution < 1.29 is 9.18 Å². The smallest absolute Gasteiger partial charge is 0.258 e. The van der Waals surface area contributed by atoms with Gasteiger partial charge in [0.15, 0.2) is 0 Å². The van der Waals surface area contributed by atoms with Gasteiger partial charge in [-0.15, -0.1) is 0 Å². The molecule has 0 radical (unpaired) electrons. The summed E-state index contributed by atoms with van der Waals surface area (Å²) in [5.41, 5.74) is 0.241. The Morgan fingerprint density at radius 3 is 2.90 bits per heavy atom. The Kier molecular flexibility index (Phi) is 3.68. The third kappa shape index (κ3) is 2.93. The van der Waals surface area contributed by atoms with E-state index in [2.05, 4.69) is 17.3 Å². The van der Waals surface area contributed by atoms with Crippen molar-refractivity contribution in [3.63, 3.8) is 0 Å². The van der Waals surface area contributed by atoms with Gasteiger partial charge in [0, 0.05) is 6.07 Å². The van der Waals surface area contributed by atoms with E-state index >= 15 is 0 Å². The summed E-state index contributed by atoms with van der Waals surface area (Å²) in [6.45, 7) is 2.09. The third-order valence-electron chi connectivity index (χ3n) is 3.78. The Balaban J connectivity index is 1.80. The molecule has 1 unspecified atom stereocenters. The normalized spacial score (nSPS) is 15.8. The summed E-state index contributed by atoms with van der Waals surface area (Å²) in [7, 11) is 0. The van der Waals surface area contributed by atoms with Crippen LogP contribution in [0.15, 0.2) is 30.5 Å². The van der Waals surface area contributed by atoms with Gasteiger partial charge < -0.3 is 5.32 Å². The summed E-state index contributed by atoms with van der Waals surface area (Å²) in [5, 5.41) is 7.15. The van der Waals surface area contributed by atoms with Crippen LogP contribution >= 0.6 is 11.6 Å². The van der Waals surface area contributed by atoms with E-state index in [1.807, 2.05) is 4.68 Å². The molecule has 1 heterocycles. The third-order valence-corrected chi connectivity index (χ3v) is 4.09. The van der Waals surface area contributed by atoms with Gasteiger partial charge in [-0.3, -0.25) is 4.79 Å². The molecule has 0 spiro atoms. The van der Waals surface area contributed by atoms with Gasteiger partial charge >= 0.3 is 0 Å². The molecule has 0 bridgehead atoms. The number of nitrogens with zero attached hydrogens (tertiary/aromatic N) is 2. The number of aromatic nitrogens is 2. The monoisotopic (exact) mass is 307 g/mol. The number of carbonyl (C=O) groups excluding carboxylic acids is 1. The number of carbonyl (C=O) groups is 1. The van der Waals surface area contributed by atoms with Crippen LogP contribution in [0.4, 0.5) is 10.2 Å². The average Bonchev–Trinajstić information content (AvgIpc) is 3.18. The molecule has 1 atom stereocenters. The minimum absolute atomic E-state index is 0.0915. The van der Waals surface area contributed by atoms with E-state index in [0.29, 0.717) is 11.7 Å². The Morgan fingerprint density at radius 2 is 2.24 bits per heavy atom. The van der Waals surface area contributed by atoms with Crippen LogP contribution in [0.5, 0.6) is 0 Å². The molecule has 2 aromatic rings. The van der Waals surface area contributed by atoms with Crippen LogP contribution in [-0.4, -0.2) is 15.7 Å². The first-order valence-corrected chi connectivity index (χ1v) is 7.24. The highest BCUT2D eigenvalue weighted by atomic mass is 35.5. The molecule has 4 nitrogen and oxygen atoms in total. The maximum absolute atomic E-state index is 13.0. The van der Waals surface area contributed by atoms with Gasteiger partial charge in [0.1, 0.15) is 11.6 Å². The topological polar surface area (TPSA) is 46.9 Å². The van der Waals surface area contributed by atoms with Crippen LogP contribution in [0.25, 0.3) is 0 Å². The molecule has 3 rings (SSSR count). The lowest BCUT2D eigenvalue weighted by molar-refractivity contribution is 0.102. The summed E-state index contributed by atoms with van der Waals surface area (Å²) in [4.78, 5) is 12.2.